The lowest BCUT2D eigenvalue weighted by atomic mass is 9.80. The number of nitro benzene ring substituents is 2. The van der Waals surface area contributed by atoms with Crippen molar-refractivity contribution in [3.63, 3.8) is 0 Å². The van der Waals surface area contributed by atoms with E-state index in [1.54, 1.807) is 13.8 Å². The number of nitro groups is 2. The van der Waals surface area contributed by atoms with Gasteiger partial charge in [0.1, 0.15) is 0 Å². The summed E-state index contributed by atoms with van der Waals surface area (Å²) in [5, 5.41) is 26.3. The predicted molar refractivity (Wildman–Crippen MR) is 96.6 cm³/mol. The molecule has 0 unspecified atom stereocenters. The highest BCUT2D eigenvalue weighted by molar-refractivity contribution is 5.78. The Morgan fingerprint density at radius 2 is 1.77 bits per heavy atom. The molecule has 1 N–H and O–H groups in total. The molecular formula is C17H25N3O6. The number of hydrogen-bond donors (Lipinski definition) is 1. The Hall–Kier alpha value is -2.26. The minimum atomic E-state index is -0.996. The zero-order valence-electron chi connectivity index (χ0n) is 15.7. The molecule has 144 valence electrons. The maximum absolute atomic E-state index is 11.9. The molecule has 0 amide bonds. The molecule has 26 heavy (non-hydrogen) atoms. The molecule has 1 aliphatic rings. The fourth-order valence-corrected chi connectivity index (χ4v) is 3.22. The van der Waals surface area contributed by atoms with Crippen LogP contribution in [0.5, 0.6) is 0 Å². The molecule has 1 aliphatic heterocycles. The standard InChI is InChI=1S/C17H25N3O6/c1-6-18-14-13(19(21)22)9-12(16(2,3)4)11(15(14)20(23)24)10-17(5)25-7-8-26-17/h9,18H,6-8,10H2,1-5H3. The Labute approximate surface area is 152 Å². The monoisotopic (exact) mass is 367 g/mol. The molecule has 0 radical (unpaired) electrons. The highest BCUT2D eigenvalue weighted by Gasteiger charge is 2.40. The van der Waals surface area contributed by atoms with Crippen molar-refractivity contribution in [1.82, 2.24) is 0 Å². The van der Waals surface area contributed by atoms with Crippen molar-refractivity contribution < 1.29 is 19.3 Å². The van der Waals surface area contributed by atoms with Crippen LogP contribution < -0.4 is 5.32 Å². The Bertz CT molecular complexity index is 720. The Kier molecular flexibility index (Phi) is 5.52. The maximum Gasteiger partial charge on any atom is 0.303 e. The molecule has 1 aromatic rings. The van der Waals surface area contributed by atoms with Gasteiger partial charge in [-0.25, -0.2) is 0 Å². The molecule has 0 spiro atoms. The van der Waals surface area contributed by atoms with Crippen molar-refractivity contribution in [1.29, 1.82) is 0 Å². The first-order chi connectivity index (χ1) is 12.0. The fraction of sp³-hybridized carbons (Fsp3) is 0.647. The van der Waals surface area contributed by atoms with Gasteiger partial charge in [0.2, 0.25) is 0 Å². The van der Waals surface area contributed by atoms with Crippen molar-refractivity contribution in [2.24, 2.45) is 0 Å². The third-order valence-electron chi connectivity index (χ3n) is 4.32. The van der Waals surface area contributed by atoms with E-state index in [-0.39, 0.29) is 23.5 Å². The molecule has 0 atom stereocenters. The van der Waals surface area contributed by atoms with Crippen molar-refractivity contribution >= 4 is 17.1 Å². The second-order valence-electron chi connectivity index (χ2n) is 7.45. The molecule has 0 aromatic heterocycles. The summed E-state index contributed by atoms with van der Waals surface area (Å²) in [4.78, 5) is 22.3. The zero-order valence-corrected chi connectivity index (χ0v) is 15.7. The number of hydrogen-bond acceptors (Lipinski definition) is 7. The lowest BCUT2D eigenvalue weighted by Gasteiger charge is -2.28. The third kappa shape index (κ3) is 3.94. The van der Waals surface area contributed by atoms with Gasteiger partial charge in [0.15, 0.2) is 11.5 Å². The van der Waals surface area contributed by atoms with Crippen LogP contribution in [-0.2, 0) is 21.3 Å². The van der Waals surface area contributed by atoms with Crippen LogP contribution in [0.3, 0.4) is 0 Å². The molecular weight excluding hydrogens is 342 g/mol. The lowest BCUT2D eigenvalue weighted by molar-refractivity contribution is -0.393. The van der Waals surface area contributed by atoms with Gasteiger partial charge in [0, 0.05) is 24.6 Å². The highest BCUT2D eigenvalue weighted by Crippen LogP contribution is 2.45. The van der Waals surface area contributed by atoms with Gasteiger partial charge in [-0.15, -0.1) is 0 Å². The first-order valence-corrected chi connectivity index (χ1v) is 8.51. The summed E-state index contributed by atoms with van der Waals surface area (Å²) in [5.74, 6) is -0.996. The van der Waals surface area contributed by atoms with Gasteiger partial charge in [0.05, 0.1) is 23.1 Å². The average molecular weight is 367 g/mol. The topological polar surface area (TPSA) is 117 Å². The van der Waals surface area contributed by atoms with Crippen LogP contribution in [0.2, 0.25) is 0 Å². The first-order valence-electron chi connectivity index (χ1n) is 8.51. The largest absolute Gasteiger partial charge is 0.374 e. The van der Waals surface area contributed by atoms with E-state index in [4.69, 9.17) is 9.47 Å². The van der Waals surface area contributed by atoms with E-state index in [1.807, 2.05) is 20.8 Å². The zero-order chi connectivity index (χ0) is 19.7. The number of ether oxygens (including phenoxy) is 2. The van der Waals surface area contributed by atoms with Gasteiger partial charge in [0.25, 0.3) is 5.69 Å². The van der Waals surface area contributed by atoms with Crippen LogP contribution in [-0.4, -0.2) is 35.4 Å². The Morgan fingerprint density at radius 3 is 2.19 bits per heavy atom. The van der Waals surface area contributed by atoms with Gasteiger partial charge >= 0.3 is 5.69 Å². The summed E-state index contributed by atoms with van der Waals surface area (Å²) in [6.45, 7) is 10.2. The van der Waals surface area contributed by atoms with Crippen molar-refractivity contribution in [3.05, 3.63) is 37.4 Å². The van der Waals surface area contributed by atoms with Crippen LogP contribution in [0.25, 0.3) is 0 Å². The summed E-state index contributed by atoms with van der Waals surface area (Å²) < 4.78 is 11.3. The smallest absolute Gasteiger partial charge is 0.303 e. The fourth-order valence-electron chi connectivity index (χ4n) is 3.22. The molecule has 1 fully saturated rings. The van der Waals surface area contributed by atoms with Crippen LogP contribution >= 0.6 is 0 Å². The van der Waals surface area contributed by atoms with Crippen LogP contribution in [0.1, 0.15) is 45.7 Å². The molecule has 9 heteroatoms. The predicted octanol–water partition coefficient (Wildman–Crippen LogP) is 3.54. The Balaban J connectivity index is 2.81. The molecule has 0 bridgehead atoms. The molecule has 1 saturated heterocycles. The minimum absolute atomic E-state index is 0.0768. The molecule has 1 aromatic carbocycles. The van der Waals surface area contributed by atoms with Crippen molar-refractivity contribution in [3.8, 4) is 0 Å². The molecule has 2 rings (SSSR count). The van der Waals surface area contributed by atoms with E-state index < -0.39 is 21.0 Å². The third-order valence-corrected chi connectivity index (χ3v) is 4.32. The Morgan fingerprint density at radius 1 is 1.19 bits per heavy atom. The SMILES string of the molecule is CCNc1c([N+](=O)[O-])cc(C(C)(C)C)c(CC2(C)OCCO2)c1[N+](=O)[O-]. The van der Waals surface area contributed by atoms with E-state index in [0.29, 0.717) is 30.9 Å². The first kappa shape index (κ1) is 20.1. The lowest BCUT2D eigenvalue weighted by Crippen LogP contribution is -2.31. The number of nitrogens with one attached hydrogen (secondary N) is 1. The van der Waals surface area contributed by atoms with Crippen LogP contribution in [0, 0.1) is 20.2 Å². The van der Waals surface area contributed by atoms with E-state index in [2.05, 4.69) is 5.32 Å². The second kappa shape index (κ2) is 7.16. The van der Waals surface area contributed by atoms with Crippen molar-refractivity contribution in [2.75, 3.05) is 25.1 Å². The van der Waals surface area contributed by atoms with E-state index in [0.717, 1.165) is 0 Å². The summed E-state index contributed by atoms with van der Waals surface area (Å²) >= 11 is 0. The van der Waals surface area contributed by atoms with E-state index in [1.165, 1.54) is 6.07 Å². The number of anilines is 1. The van der Waals surface area contributed by atoms with Gasteiger partial charge in [-0.05, 0) is 24.8 Å². The van der Waals surface area contributed by atoms with Gasteiger partial charge in [-0.3, -0.25) is 20.2 Å². The number of benzene rings is 1. The molecule has 1 heterocycles. The summed E-state index contributed by atoms with van der Waals surface area (Å²) in [6, 6.07) is 1.43. The molecule has 0 aliphatic carbocycles. The summed E-state index contributed by atoms with van der Waals surface area (Å²) in [5.41, 5.74) is -0.264. The summed E-state index contributed by atoms with van der Waals surface area (Å²) in [6.07, 6.45) is 0.131. The highest BCUT2D eigenvalue weighted by atomic mass is 16.7. The number of nitrogens with zero attached hydrogens (tertiary/aromatic N) is 2. The molecule has 9 nitrogen and oxygen atoms in total. The average Bonchev–Trinajstić information content (AvgIpc) is 2.92. The van der Waals surface area contributed by atoms with Crippen LogP contribution in [0.4, 0.5) is 17.1 Å². The van der Waals surface area contributed by atoms with Gasteiger partial charge in [-0.1, -0.05) is 20.8 Å². The van der Waals surface area contributed by atoms with Crippen LogP contribution in [0.15, 0.2) is 6.07 Å². The second-order valence-corrected chi connectivity index (χ2v) is 7.45. The van der Waals surface area contributed by atoms with Crippen molar-refractivity contribution in [2.45, 2.75) is 52.2 Å². The maximum atomic E-state index is 11.9. The minimum Gasteiger partial charge on any atom is -0.374 e. The number of rotatable bonds is 6. The van der Waals surface area contributed by atoms with Gasteiger partial charge in [-0.2, -0.15) is 0 Å². The summed E-state index contributed by atoms with van der Waals surface area (Å²) in [7, 11) is 0. The van der Waals surface area contributed by atoms with Gasteiger partial charge < -0.3 is 14.8 Å². The quantitative estimate of drug-likeness (QED) is 0.603. The van der Waals surface area contributed by atoms with E-state index in [9.17, 15) is 20.2 Å². The molecule has 0 saturated carbocycles. The normalized spacial score (nSPS) is 16.5. The van der Waals surface area contributed by atoms with E-state index >= 15 is 0 Å².